The molecule has 0 bridgehead atoms. The van der Waals surface area contributed by atoms with Crippen molar-refractivity contribution < 1.29 is 19.0 Å². The molecule has 1 aromatic heterocycles. The number of hydrogen-bond acceptors (Lipinski definition) is 7. The molecule has 0 saturated heterocycles. The number of carbonyl (C=O) groups excluding carboxylic acids is 1. The first-order chi connectivity index (χ1) is 11.1. The molecule has 3 rings (SSSR count). The van der Waals surface area contributed by atoms with E-state index in [0.717, 1.165) is 10.4 Å². The molecule has 1 atom stereocenters. The Morgan fingerprint density at radius 2 is 1.96 bits per heavy atom. The molecular formula is C15H17N3O4S. The number of thiazole rings is 1. The molecule has 7 nitrogen and oxygen atoms in total. The van der Waals surface area contributed by atoms with E-state index in [9.17, 15) is 4.79 Å². The number of aromatic nitrogens is 1. The molecule has 1 aliphatic rings. The first kappa shape index (κ1) is 15.4. The standard InChI is InChI=1S/C15H17N3O4S/c1-20-9-5-4-7(11(21-2)12(9)22-3)8-6-10(19)17-14-13(8)23-15(16)18-14/h4-5,8H,6H2,1-3H3,(H2,16,18)(H,17,19)/t8-/m1/s1. The molecule has 0 fully saturated rings. The average molecular weight is 335 g/mol. The molecule has 1 aliphatic heterocycles. The van der Waals surface area contributed by atoms with Crippen molar-refractivity contribution in [2.24, 2.45) is 0 Å². The Hall–Kier alpha value is -2.48. The number of methoxy groups -OCH3 is 3. The van der Waals surface area contributed by atoms with E-state index in [2.05, 4.69) is 10.3 Å². The number of anilines is 2. The molecule has 1 amide bonds. The van der Waals surface area contributed by atoms with Gasteiger partial charge in [0.2, 0.25) is 11.7 Å². The molecule has 0 aliphatic carbocycles. The first-order valence-corrected chi connectivity index (χ1v) is 7.75. The normalized spacial score (nSPS) is 16.5. The van der Waals surface area contributed by atoms with Crippen molar-refractivity contribution >= 4 is 28.2 Å². The second-order valence-electron chi connectivity index (χ2n) is 4.99. The number of fused-ring (bicyclic) bond motifs is 1. The molecule has 23 heavy (non-hydrogen) atoms. The van der Waals surface area contributed by atoms with Crippen LogP contribution in [0.25, 0.3) is 0 Å². The lowest BCUT2D eigenvalue weighted by atomic mass is 9.90. The Kier molecular flexibility index (Phi) is 3.99. The summed E-state index contributed by atoms with van der Waals surface area (Å²) in [6.45, 7) is 0. The van der Waals surface area contributed by atoms with Crippen LogP contribution >= 0.6 is 11.3 Å². The minimum absolute atomic E-state index is 0.107. The van der Waals surface area contributed by atoms with Gasteiger partial charge in [-0.1, -0.05) is 17.4 Å². The largest absolute Gasteiger partial charge is 0.493 e. The monoisotopic (exact) mass is 335 g/mol. The van der Waals surface area contributed by atoms with Crippen molar-refractivity contribution in [3.05, 3.63) is 22.6 Å². The maximum Gasteiger partial charge on any atom is 0.226 e. The van der Waals surface area contributed by atoms with Crippen LogP contribution in [0.3, 0.4) is 0 Å². The SMILES string of the molecule is COc1ccc([C@H]2CC(=O)Nc3nc(N)sc32)c(OC)c1OC. The van der Waals surface area contributed by atoms with Crippen molar-refractivity contribution in [1.82, 2.24) is 4.98 Å². The smallest absolute Gasteiger partial charge is 0.226 e. The van der Waals surface area contributed by atoms with Gasteiger partial charge in [-0.3, -0.25) is 4.79 Å². The third-order valence-electron chi connectivity index (χ3n) is 3.74. The summed E-state index contributed by atoms with van der Waals surface area (Å²) in [4.78, 5) is 17.1. The predicted molar refractivity (Wildman–Crippen MR) is 87.7 cm³/mol. The van der Waals surface area contributed by atoms with E-state index in [1.165, 1.54) is 11.3 Å². The van der Waals surface area contributed by atoms with Gasteiger partial charge < -0.3 is 25.3 Å². The highest BCUT2D eigenvalue weighted by atomic mass is 32.1. The molecular weight excluding hydrogens is 318 g/mol. The van der Waals surface area contributed by atoms with Crippen molar-refractivity contribution in [3.8, 4) is 17.2 Å². The summed E-state index contributed by atoms with van der Waals surface area (Å²) in [5.41, 5.74) is 6.63. The lowest BCUT2D eigenvalue weighted by molar-refractivity contribution is -0.116. The van der Waals surface area contributed by atoms with E-state index < -0.39 is 0 Å². The Morgan fingerprint density at radius 3 is 2.61 bits per heavy atom. The highest BCUT2D eigenvalue weighted by Crippen LogP contribution is 2.49. The van der Waals surface area contributed by atoms with Crippen LogP contribution in [0.2, 0.25) is 0 Å². The second-order valence-corrected chi connectivity index (χ2v) is 6.06. The van der Waals surface area contributed by atoms with Crippen LogP contribution in [-0.2, 0) is 4.79 Å². The first-order valence-electron chi connectivity index (χ1n) is 6.94. The van der Waals surface area contributed by atoms with Gasteiger partial charge in [-0.25, -0.2) is 4.98 Å². The van der Waals surface area contributed by atoms with E-state index >= 15 is 0 Å². The lowest BCUT2D eigenvalue weighted by Crippen LogP contribution is -2.23. The van der Waals surface area contributed by atoms with E-state index in [1.54, 1.807) is 27.4 Å². The molecule has 0 saturated carbocycles. The summed E-state index contributed by atoms with van der Waals surface area (Å²) in [6.07, 6.45) is 0.292. The lowest BCUT2D eigenvalue weighted by Gasteiger charge is -2.24. The van der Waals surface area contributed by atoms with Crippen molar-refractivity contribution in [3.63, 3.8) is 0 Å². The highest BCUT2D eigenvalue weighted by molar-refractivity contribution is 7.16. The molecule has 0 spiro atoms. The van der Waals surface area contributed by atoms with Crippen LogP contribution in [0.1, 0.15) is 22.8 Å². The number of ether oxygens (including phenoxy) is 3. The van der Waals surface area contributed by atoms with Gasteiger partial charge in [-0.2, -0.15) is 0 Å². The fourth-order valence-electron chi connectivity index (χ4n) is 2.79. The van der Waals surface area contributed by atoms with Gasteiger partial charge >= 0.3 is 0 Å². The zero-order chi connectivity index (χ0) is 16.6. The Bertz CT molecular complexity index is 759. The van der Waals surface area contributed by atoms with Gasteiger partial charge in [0.1, 0.15) is 5.82 Å². The summed E-state index contributed by atoms with van der Waals surface area (Å²) >= 11 is 1.36. The molecule has 0 radical (unpaired) electrons. The molecule has 0 unspecified atom stereocenters. The number of amides is 1. The van der Waals surface area contributed by atoms with Crippen LogP contribution in [0, 0.1) is 0 Å². The molecule has 2 aromatic rings. The van der Waals surface area contributed by atoms with E-state index in [0.29, 0.717) is 34.6 Å². The summed E-state index contributed by atoms with van der Waals surface area (Å²) in [7, 11) is 4.67. The minimum atomic E-state index is -0.191. The zero-order valence-electron chi connectivity index (χ0n) is 13.0. The van der Waals surface area contributed by atoms with Crippen LogP contribution in [0.15, 0.2) is 12.1 Å². The Labute approximate surface area is 137 Å². The molecule has 1 aromatic carbocycles. The van der Waals surface area contributed by atoms with Crippen molar-refractivity contribution in [1.29, 1.82) is 0 Å². The molecule has 122 valence electrons. The quantitative estimate of drug-likeness (QED) is 0.889. The maximum atomic E-state index is 12.0. The Morgan fingerprint density at radius 1 is 1.22 bits per heavy atom. The maximum absolute atomic E-state index is 12.0. The van der Waals surface area contributed by atoms with Crippen LogP contribution in [0.5, 0.6) is 17.2 Å². The number of carbonyl (C=O) groups is 1. The zero-order valence-corrected chi connectivity index (χ0v) is 13.8. The number of hydrogen-bond donors (Lipinski definition) is 2. The van der Waals surface area contributed by atoms with Gasteiger partial charge in [0.05, 0.1) is 26.2 Å². The van der Waals surface area contributed by atoms with Crippen LogP contribution in [-0.4, -0.2) is 32.2 Å². The van der Waals surface area contributed by atoms with Crippen molar-refractivity contribution in [2.75, 3.05) is 32.4 Å². The predicted octanol–water partition coefficient (Wildman–Crippen LogP) is 2.23. The average Bonchev–Trinajstić information content (AvgIpc) is 2.92. The molecule has 2 heterocycles. The van der Waals surface area contributed by atoms with Gasteiger partial charge in [-0.05, 0) is 6.07 Å². The fourth-order valence-corrected chi connectivity index (χ4v) is 3.69. The van der Waals surface area contributed by atoms with Gasteiger partial charge in [0, 0.05) is 17.9 Å². The number of nitrogens with two attached hydrogens (primary N) is 1. The number of nitrogens with one attached hydrogen (secondary N) is 1. The van der Waals surface area contributed by atoms with E-state index in [1.807, 2.05) is 6.07 Å². The number of benzene rings is 1. The van der Waals surface area contributed by atoms with Crippen LogP contribution in [0.4, 0.5) is 10.9 Å². The fraction of sp³-hybridized carbons (Fsp3) is 0.333. The van der Waals surface area contributed by atoms with Gasteiger partial charge in [-0.15, -0.1) is 0 Å². The third kappa shape index (κ3) is 2.55. The highest BCUT2D eigenvalue weighted by Gasteiger charge is 2.33. The van der Waals surface area contributed by atoms with E-state index in [4.69, 9.17) is 19.9 Å². The van der Waals surface area contributed by atoms with Crippen molar-refractivity contribution in [2.45, 2.75) is 12.3 Å². The molecule has 3 N–H and O–H groups in total. The minimum Gasteiger partial charge on any atom is -0.493 e. The number of nitrogen functional groups attached to an aromatic ring is 1. The number of nitrogens with zero attached hydrogens (tertiary/aromatic N) is 1. The third-order valence-corrected chi connectivity index (χ3v) is 4.74. The second kappa shape index (κ2) is 5.96. The topological polar surface area (TPSA) is 95.7 Å². The Balaban J connectivity index is 2.17. The van der Waals surface area contributed by atoms with Crippen LogP contribution < -0.4 is 25.3 Å². The summed E-state index contributed by atoms with van der Waals surface area (Å²) < 4.78 is 16.3. The number of rotatable bonds is 4. The molecule has 8 heteroatoms. The summed E-state index contributed by atoms with van der Waals surface area (Å²) in [6, 6.07) is 3.68. The van der Waals surface area contributed by atoms with Gasteiger partial charge in [0.15, 0.2) is 16.6 Å². The van der Waals surface area contributed by atoms with Gasteiger partial charge in [0.25, 0.3) is 0 Å². The summed E-state index contributed by atoms with van der Waals surface area (Å²) in [5, 5.41) is 3.17. The summed E-state index contributed by atoms with van der Waals surface area (Å²) in [5.74, 6) is 1.83. The van der Waals surface area contributed by atoms with E-state index in [-0.39, 0.29) is 11.8 Å².